The highest BCUT2D eigenvalue weighted by Gasteiger charge is 2.23. The lowest BCUT2D eigenvalue weighted by Gasteiger charge is -2.20. The topological polar surface area (TPSA) is 41.6 Å². The van der Waals surface area contributed by atoms with E-state index in [1.54, 1.807) is 0 Å². The second-order valence-corrected chi connectivity index (χ2v) is 5.88. The highest BCUT2D eigenvalue weighted by molar-refractivity contribution is 5.94. The van der Waals surface area contributed by atoms with E-state index in [-0.39, 0.29) is 12.0 Å². The number of carbonyl (C=O) groups is 1. The van der Waals surface area contributed by atoms with Gasteiger partial charge < -0.3 is 15.0 Å². The van der Waals surface area contributed by atoms with Gasteiger partial charge in [-0.15, -0.1) is 0 Å². The molecule has 0 aromatic heterocycles. The fraction of sp³-hybridized carbons (Fsp3) is 0.316. The molecule has 1 aliphatic heterocycles. The molecule has 1 heterocycles. The minimum absolute atomic E-state index is 0.0482. The molecule has 1 atom stereocenters. The molecule has 1 N–H and O–H groups in total. The molecule has 0 aliphatic carbocycles. The average molecular weight is 310 g/mol. The minimum atomic E-state index is -0.296. The maximum Gasteiger partial charge on any atom is 0.253 e. The molecule has 2 aromatic rings. The number of benzene rings is 2. The summed E-state index contributed by atoms with van der Waals surface area (Å²) in [7, 11) is 2.06. The summed E-state index contributed by atoms with van der Waals surface area (Å²) in [6.07, 6.45) is 1.47. The Morgan fingerprint density at radius 3 is 2.57 bits per heavy atom. The molecule has 4 heteroatoms. The van der Waals surface area contributed by atoms with Crippen LogP contribution >= 0.6 is 0 Å². The number of nitrogens with one attached hydrogen (secondary N) is 1. The molecular weight excluding hydrogens is 288 g/mol. The number of hydrogen-bond acceptors (Lipinski definition) is 3. The SMILES string of the molecule is CN(Cc1ccccc1)c1ccc(NC(=O)C2CCCO2)cc1. The van der Waals surface area contributed by atoms with Gasteiger partial charge >= 0.3 is 0 Å². The predicted molar refractivity (Wildman–Crippen MR) is 92.6 cm³/mol. The molecule has 3 rings (SSSR count). The zero-order valence-electron chi connectivity index (χ0n) is 13.4. The summed E-state index contributed by atoms with van der Waals surface area (Å²) in [5, 5.41) is 2.92. The van der Waals surface area contributed by atoms with Gasteiger partial charge in [0.15, 0.2) is 0 Å². The minimum Gasteiger partial charge on any atom is -0.370 e. The highest BCUT2D eigenvalue weighted by Crippen LogP contribution is 2.20. The summed E-state index contributed by atoms with van der Waals surface area (Å²) >= 11 is 0. The van der Waals surface area contributed by atoms with E-state index in [4.69, 9.17) is 4.74 Å². The first-order valence-corrected chi connectivity index (χ1v) is 8.00. The van der Waals surface area contributed by atoms with Crippen LogP contribution in [0.2, 0.25) is 0 Å². The molecule has 1 unspecified atom stereocenters. The van der Waals surface area contributed by atoms with E-state index in [0.29, 0.717) is 6.61 Å². The molecule has 1 aliphatic rings. The third kappa shape index (κ3) is 4.11. The Morgan fingerprint density at radius 2 is 1.91 bits per heavy atom. The molecule has 0 radical (unpaired) electrons. The van der Waals surface area contributed by atoms with Gasteiger partial charge in [-0.25, -0.2) is 0 Å². The van der Waals surface area contributed by atoms with Gasteiger partial charge in [0.1, 0.15) is 6.10 Å². The van der Waals surface area contributed by atoms with E-state index in [1.807, 2.05) is 42.5 Å². The van der Waals surface area contributed by atoms with E-state index in [0.717, 1.165) is 30.8 Å². The molecular formula is C19H22N2O2. The monoisotopic (exact) mass is 310 g/mol. The van der Waals surface area contributed by atoms with E-state index in [9.17, 15) is 4.79 Å². The van der Waals surface area contributed by atoms with E-state index < -0.39 is 0 Å². The second kappa shape index (κ2) is 7.29. The van der Waals surface area contributed by atoms with Crippen molar-refractivity contribution < 1.29 is 9.53 Å². The molecule has 2 aromatic carbocycles. The first-order valence-electron chi connectivity index (χ1n) is 8.00. The van der Waals surface area contributed by atoms with E-state index in [1.165, 1.54) is 5.56 Å². The Kier molecular flexibility index (Phi) is 4.93. The fourth-order valence-corrected chi connectivity index (χ4v) is 2.76. The number of carbonyl (C=O) groups excluding carboxylic acids is 1. The van der Waals surface area contributed by atoms with Crippen molar-refractivity contribution in [3.05, 3.63) is 60.2 Å². The van der Waals surface area contributed by atoms with Gasteiger partial charge in [0, 0.05) is 31.6 Å². The van der Waals surface area contributed by atoms with E-state index >= 15 is 0 Å². The largest absolute Gasteiger partial charge is 0.370 e. The molecule has 120 valence electrons. The van der Waals surface area contributed by atoms with Crippen LogP contribution in [0.4, 0.5) is 11.4 Å². The Bertz CT molecular complexity index is 634. The highest BCUT2D eigenvalue weighted by atomic mass is 16.5. The smallest absolute Gasteiger partial charge is 0.253 e. The summed E-state index contributed by atoms with van der Waals surface area (Å²) in [5.41, 5.74) is 3.19. The Balaban J connectivity index is 1.59. The number of hydrogen-bond donors (Lipinski definition) is 1. The van der Waals surface area contributed by atoms with Crippen LogP contribution in [0.5, 0.6) is 0 Å². The van der Waals surface area contributed by atoms with Gasteiger partial charge in [-0.2, -0.15) is 0 Å². The molecule has 4 nitrogen and oxygen atoms in total. The van der Waals surface area contributed by atoms with Crippen LogP contribution < -0.4 is 10.2 Å². The normalized spacial score (nSPS) is 17.0. The van der Waals surface area contributed by atoms with Crippen LogP contribution in [0, 0.1) is 0 Å². The van der Waals surface area contributed by atoms with Crippen LogP contribution in [-0.2, 0) is 16.1 Å². The van der Waals surface area contributed by atoms with Gasteiger partial charge in [0.05, 0.1) is 0 Å². The number of anilines is 2. The predicted octanol–water partition coefficient (Wildman–Crippen LogP) is 3.44. The first-order chi connectivity index (χ1) is 11.2. The van der Waals surface area contributed by atoms with Crippen molar-refractivity contribution in [2.24, 2.45) is 0 Å². The van der Waals surface area contributed by atoms with Crippen molar-refractivity contribution in [2.45, 2.75) is 25.5 Å². The fourth-order valence-electron chi connectivity index (χ4n) is 2.76. The molecule has 0 bridgehead atoms. The van der Waals surface area contributed by atoms with Gasteiger partial charge in [-0.3, -0.25) is 4.79 Å². The molecule has 0 spiro atoms. The van der Waals surface area contributed by atoms with Gasteiger partial charge in [0.2, 0.25) is 0 Å². The lowest BCUT2D eigenvalue weighted by molar-refractivity contribution is -0.124. The Hall–Kier alpha value is -2.33. The second-order valence-electron chi connectivity index (χ2n) is 5.88. The van der Waals surface area contributed by atoms with Crippen LogP contribution in [0.15, 0.2) is 54.6 Å². The van der Waals surface area contributed by atoms with Gasteiger partial charge in [-0.05, 0) is 42.7 Å². The number of nitrogens with zero attached hydrogens (tertiary/aromatic N) is 1. The number of ether oxygens (including phenoxy) is 1. The quantitative estimate of drug-likeness (QED) is 0.920. The number of rotatable bonds is 5. The molecule has 23 heavy (non-hydrogen) atoms. The maximum absolute atomic E-state index is 12.0. The van der Waals surface area contributed by atoms with Gasteiger partial charge in [-0.1, -0.05) is 30.3 Å². The maximum atomic E-state index is 12.0. The lowest BCUT2D eigenvalue weighted by atomic mass is 10.2. The number of amides is 1. The molecule has 1 saturated heterocycles. The standard InChI is InChI=1S/C19H22N2O2/c1-21(14-15-6-3-2-4-7-15)17-11-9-16(10-12-17)20-19(22)18-8-5-13-23-18/h2-4,6-7,9-12,18H,5,8,13-14H2,1H3,(H,20,22). The third-order valence-corrected chi connectivity index (χ3v) is 4.06. The average Bonchev–Trinajstić information content (AvgIpc) is 3.11. The molecule has 0 saturated carbocycles. The summed E-state index contributed by atoms with van der Waals surface area (Å²) < 4.78 is 5.40. The van der Waals surface area contributed by atoms with Crippen molar-refractivity contribution in [3.8, 4) is 0 Å². The Labute approximate surface area is 137 Å². The van der Waals surface area contributed by atoms with Crippen LogP contribution in [0.1, 0.15) is 18.4 Å². The van der Waals surface area contributed by atoms with Crippen molar-refractivity contribution in [3.63, 3.8) is 0 Å². The van der Waals surface area contributed by atoms with Crippen molar-refractivity contribution in [1.82, 2.24) is 0 Å². The van der Waals surface area contributed by atoms with Crippen LogP contribution in [0.3, 0.4) is 0 Å². The summed E-state index contributed by atoms with van der Waals surface area (Å²) in [5.74, 6) is -0.0482. The first kappa shape index (κ1) is 15.6. The zero-order chi connectivity index (χ0) is 16.1. The molecule has 1 amide bonds. The van der Waals surface area contributed by atoms with E-state index in [2.05, 4.69) is 29.4 Å². The van der Waals surface area contributed by atoms with Gasteiger partial charge in [0.25, 0.3) is 5.91 Å². The summed E-state index contributed by atoms with van der Waals surface area (Å²) in [4.78, 5) is 14.2. The summed E-state index contributed by atoms with van der Waals surface area (Å²) in [6.45, 7) is 1.53. The Morgan fingerprint density at radius 1 is 1.17 bits per heavy atom. The van der Waals surface area contributed by atoms with Crippen LogP contribution in [0.25, 0.3) is 0 Å². The van der Waals surface area contributed by atoms with Crippen molar-refractivity contribution >= 4 is 17.3 Å². The zero-order valence-corrected chi connectivity index (χ0v) is 13.4. The third-order valence-electron chi connectivity index (χ3n) is 4.06. The van der Waals surface area contributed by atoms with Crippen LogP contribution in [-0.4, -0.2) is 25.7 Å². The van der Waals surface area contributed by atoms with Crippen molar-refractivity contribution in [1.29, 1.82) is 0 Å². The summed E-state index contributed by atoms with van der Waals surface area (Å²) in [6, 6.07) is 18.3. The molecule has 1 fully saturated rings. The van der Waals surface area contributed by atoms with Crippen molar-refractivity contribution in [2.75, 3.05) is 23.9 Å². The lowest BCUT2D eigenvalue weighted by Crippen LogP contribution is -2.26.